The fraction of sp³-hybridized carbons (Fsp3) is 1.00. The molecular weight excluding hydrogens is 440 g/mol. The van der Waals surface area contributed by atoms with E-state index in [4.69, 9.17) is 23.7 Å². The van der Waals surface area contributed by atoms with Gasteiger partial charge in [-0.25, -0.2) is 0 Å². The van der Waals surface area contributed by atoms with Crippen LogP contribution in [0.5, 0.6) is 0 Å². The van der Waals surface area contributed by atoms with Crippen LogP contribution in [0.15, 0.2) is 0 Å². The highest BCUT2D eigenvalue weighted by atomic mass is 16.7. The van der Waals surface area contributed by atoms with Crippen LogP contribution in [-0.2, 0) is 23.7 Å². The summed E-state index contributed by atoms with van der Waals surface area (Å²) in [6.07, 6.45) is -12.9. The summed E-state index contributed by atoms with van der Waals surface area (Å²) in [5, 5.41) is 62.9. The van der Waals surface area contributed by atoms with E-state index >= 15 is 0 Å². The minimum absolute atomic E-state index is 0.113. The first-order chi connectivity index (χ1) is 15.6. The van der Waals surface area contributed by atoms with Crippen LogP contribution < -0.4 is 0 Å². The summed E-state index contributed by atoms with van der Waals surface area (Å²) >= 11 is 0. The third-order valence-electron chi connectivity index (χ3n) is 6.93. The van der Waals surface area contributed by atoms with E-state index in [0.717, 1.165) is 6.42 Å². The zero-order valence-corrected chi connectivity index (χ0v) is 19.6. The molecule has 3 heterocycles. The van der Waals surface area contributed by atoms with E-state index in [2.05, 4.69) is 0 Å². The van der Waals surface area contributed by atoms with Gasteiger partial charge in [0.05, 0.1) is 30.5 Å². The molecule has 0 spiro atoms. The van der Waals surface area contributed by atoms with Gasteiger partial charge in [0.1, 0.15) is 42.7 Å². The Bertz CT molecular complexity index is 607. The van der Waals surface area contributed by atoms with Crippen molar-refractivity contribution < 1.29 is 54.3 Å². The smallest absolute Gasteiger partial charge is 0.187 e. The summed E-state index contributed by atoms with van der Waals surface area (Å²) in [5.41, 5.74) is 0. The van der Waals surface area contributed by atoms with Gasteiger partial charge in [0.15, 0.2) is 12.6 Å². The lowest BCUT2D eigenvalue weighted by Crippen LogP contribution is -2.64. The molecule has 3 aliphatic rings. The lowest BCUT2D eigenvalue weighted by molar-refractivity contribution is -0.366. The summed E-state index contributed by atoms with van der Waals surface area (Å²) in [6, 6.07) is 0. The first-order valence-corrected chi connectivity index (χ1v) is 12.0. The van der Waals surface area contributed by atoms with Crippen LogP contribution in [0.25, 0.3) is 0 Å². The third kappa shape index (κ3) is 5.70. The third-order valence-corrected chi connectivity index (χ3v) is 6.93. The molecule has 3 rings (SSSR count). The van der Waals surface area contributed by atoms with Gasteiger partial charge in [-0.15, -0.1) is 0 Å². The van der Waals surface area contributed by atoms with E-state index in [-0.39, 0.29) is 6.10 Å². The molecule has 0 saturated carbocycles. The molecule has 0 aliphatic carbocycles. The van der Waals surface area contributed by atoms with Gasteiger partial charge in [-0.05, 0) is 26.2 Å². The molecule has 194 valence electrons. The Morgan fingerprint density at radius 2 is 1.21 bits per heavy atom. The van der Waals surface area contributed by atoms with Gasteiger partial charge in [0.2, 0.25) is 0 Å². The fourth-order valence-electron chi connectivity index (χ4n) is 4.75. The van der Waals surface area contributed by atoms with Crippen LogP contribution in [0.1, 0.15) is 53.4 Å². The van der Waals surface area contributed by atoms with E-state index in [1.807, 2.05) is 6.92 Å². The van der Waals surface area contributed by atoms with Crippen molar-refractivity contribution >= 4 is 0 Å². The van der Waals surface area contributed by atoms with Crippen molar-refractivity contribution in [1.29, 1.82) is 0 Å². The molecule has 14 atom stereocenters. The van der Waals surface area contributed by atoms with Crippen molar-refractivity contribution in [3.05, 3.63) is 0 Å². The van der Waals surface area contributed by atoms with Gasteiger partial charge in [-0.3, -0.25) is 0 Å². The summed E-state index contributed by atoms with van der Waals surface area (Å²) in [6.45, 7) is 7.25. The van der Waals surface area contributed by atoms with Gasteiger partial charge in [-0.1, -0.05) is 20.8 Å². The van der Waals surface area contributed by atoms with Gasteiger partial charge in [0, 0.05) is 6.42 Å². The number of hydrogen-bond acceptors (Lipinski definition) is 11. The molecule has 0 aromatic carbocycles. The maximum atomic E-state index is 11.0. The first-order valence-electron chi connectivity index (χ1n) is 12.0. The van der Waals surface area contributed by atoms with Crippen LogP contribution in [0.4, 0.5) is 0 Å². The Labute approximate surface area is 194 Å². The second-order valence-electron chi connectivity index (χ2n) is 9.23. The summed E-state index contributed by atoms with van der Waals surface area (Å²) < 4.78 is 28.9. The molecule has 11 heteroatoms. The van der Waals surface area contributed by atoms with Crippen LogP contribution in [0, 0.1) is 0 Å². The number of hydrogen-bond donors (Lipinski definition) is 6. The van der Waals surface area contributed by atoms with E-state index in [1.165, 1.54) is 0 Å². The molecule has 0 radical (unpaired) electrons. The zero-order valence-electron chi connectivity index (χ0n) is 19.6. The molecule has 0 aromatic heterocycles. The Hall–Kier alpha value is -0.440. The number of rotatable bonds is 7. The van der Waals surface area contributed by atoms with Crippen LogP contribution >= 0.6 is 0 Å². The number of aliphatic hydroxyl groups excluding tert-OH is 6. The highest BCUT2D eigenvalue weighted by Crippen LogP contribution is 2.33. The Morgan fingerprint density at radius 3 is 1.79 bits per heavy atom. The average molecular weight is 481 g/mol. The second kappa shape index (κ2) is 11.5. The van der Waals surface area contributed by atoms with Crippen molar-refractivity contribution in [2.75, 3.05) is 0 Å². The quantitative estimate of drug-likeness (QED) is 0.258. The maximum absolute atomic E-state index is 11.0. The topological polar surface area (TPSA) is 168 Å². The molecule has 33 heavy (non-hydrogen) atoms. The molecule has 11 nitrogen and oxygen atoms in total. The van der Waals surface area contributed by atoms with E-state index in [9.17, 15) is 30.6 Å². The standard InChI is InChI=1S/C22H40O11/c1-5-10-8-13(14(23)9(4)29-10)32-22-19(28)20(16(25)12(7-3)31-22)33-21-18(27)17(26)15(24)11(6-2)30-21/h9-28H,5-8H2,1-4H3/t9?,10?,11?,12?,13-,14?,15+,16+,17-,18?,19?,20-,21-,22-/m0/s1. The Balaban J connectivity index is 1.75. The Kier molecular flexibility index (Phi) is 9.49. The van der Waals surface area contributed by atoms with Crippen LogP contribution in [0.2, 0.25) is 0 Å². The highest BCUT2D eigenvalue weighted by Gasteiger charge is 2.51. The van der Waals surface area contributed by atoms with Crippen LogP contribution in [0.3, 0.4) is 0 Å². The maximum Gasteiger partial charge on any atom is 0.187 e. The Morgan fingerprint density at radius 1 is 0.636 bits per heavy atom. The lowest BCUT2D eigenvalue weighted by Gasteiger charge is -2.47. The summed E-state index contributed by atoms with van der Waals surface area (Å²) in [4.78, 5) is 0. The monoisotopic (exact) mass is 480 g/mol. The highest BCUT2D eigenvalue weighted by molar-refractivity contribution is 4.95. The van der Waals surface area contributed by atoms with E-state index < -0.39 is 79.7 Å². The predicted molar refractivity (Wildman–Crippen MR) is 113 cm³/mol. The van der Waals surface area contributed by atoms with E-state index in [0.29, 0.717) is 19.3 Å². The van der Waals surface area contributed by atoms with Crippen molar-refractivity contribution in [2.45, 2.75) is 139 Å². The van der Waals surface area contributed by atoms with Crippen molar-refractivity contribution in [2.24, 2.45) is 0 Å². The lowest BCUT2D eigenvalue weighted by atomic mass is 9.94. The van der Waals surface area contributed by atoms with Crippen molar-refractivity contribution in [3.8, 4) is 0 Å². The van der Waals surface area contributed by atoms with Gasteiger partial charge in [-0.2, -0.15) is 0 Å². The van der Waals surface area contributed by atoms with Gasteiger partial charge in [0.25, 0.3) is 0 Å². The van der Waals surface area contributed by atoms with Crippen LogP contribution in [-0.4, -0.2) is 116 Å². The fourth-order valence-corrected chi connectivity index (χ4v) is 4.75. The molecule has 0 amide bonds. The SMILES string of the molecule is CCC1C[C@H](O[C@@H]2OC(CC)[C@@H](O)[C@H](O[C@@H]3OC(CC)[C@@H](O)[C@H](O)C3O)C2O)C(O)C(C)O1. The zero-order chi connectivity index (χ0) is 24.4. The molecule has 0 aromatic rings. The summed E-state index contributed by atoms with van der Waals surface area (Å²) in [7, 11) is 0. The normalized spacial score (nSPS) is 51.5. The van der Waals surface area contributed by atoms with Crippen molar-refractivity contribution in [1.82, 2.24) is 0 Å². The van der Waals surface area contributed by atoms with Gasteiger partial charge < -0.3 is 54.3 Å². The van der Waals surface area contributed by atoms with Gasteiger partial charge >= 0.3 is 0 Å². The minimum atomic E-state index is -1.59. The van der Waals surface area contributed by atoms with E-state index in [1.54, 1.807) is 20.8 Å². The molecular formula is C22H40O11. The minimum Gasteiger partial charge on any atom is -0.388 e. The molecule has 3 fully saturated rings. The molecule has 3 saturated heterocycles. The number of aliphatic hydroxyl groups is 6. The summed E-state index contributed by atoms with van der Waals surface area (Å²) in [5.74, 6) is 0. The molecule has 3 aliphatic heterocycles. The molecule has 6 N–H and O–H groups in total. The first kappa shape index (κ1) is 27.2. The molecule has 7 unspecified atom stereocenters. The largest absolute Gasteiger partial charge is 0.388 e. The van der Waals surface area contributed by atoms with Crippen molar-refractivity contribution in [3.63, 3.8) is 0 Å². The molecule has 0 bridgehead atoms. The number of ether oxygens (including phenoxy) is 5. The second-order valence-corrected chi connectivity index (χ2v) is 9.23. The predicted octanol–water partition coefficient (Wildman–Crippen LogP) is -1.22. The average Bonchev–Trinajstić information content (AvgIpc) is 2.80.